The van der Waals surface area contributed by atoms with Crippen molar-refractivity contribution in [1.82, 2.24) is 4.90 Å². The third-order valence-corrected chi connectivity index (χ3v) is 3.14. The summed E-state index contributed by atoms with van der Waals surface area (Å²) in [5, 5.41) is 10.1. The molecule has 3 heteroatoms. The van der Waals surface area contributed by atoms with Crippen LogP contribution in [0.4, 0.5) is 0 Å². The first-order chi connectivity index (χ1) is 8.99. The van der Waals surface area contributed by atoms with Gasteiger partial charge in [0, 0.05) is 13.1 Å². The highest BCUT2D eigenvalue weighted by molar-refractivity contribution is 5.23. The quantitative estimate of drug-likeness (QED) is 0.784. The summed E-state index contributed by atoms with van der Waals surface area (Å²) in [4.78, 5) is 2.20. The Morgan fingerprint density at radius 2 is 2.00 bits per heavy atom. The number of rotatable bonds is 8. The maximum atomic E-state index is 10.1. The van der Waals surface area contributed by atoms with Crippen LogP contribution in [0.2, 0.25) is 0 Å². The molecule has 0 heterocycles. The zero-order valence-corrected chi connectivity index (χ0v) is 12.6. The molecule has 0 bridgehead atoms. The Morgan fingerprint density at radius 1 is 1.26 bits per heavy atom. The van der Waals surface area contributed by atoms with Crippen LogP contribution >= 0.6 is 0 Å². The summed E-state index contributed by atoms with van der Waals surface area (Å²) in [5.74, 6) is 0. The molecule has 0 saturated carbocycles. The first kappa shape index (κ1) is 16.2. The van der Waals surface area contributed by atoms with Crippen molar-refractivity contribution in [2.45, 2.75) is 39.4 Å². The summed E-state index contributed by atoms with van der Waals surface area (Å²) in [6.07, 6.45) is 0.654. The van der Waals surface area contributed by atoms with Gasteiger partial charge in [-0.1, -0.05) is 29.8 Å². The van der Waals surface area contributed by atoms with Crippen molar-refractivity contribution in [2.24, 2.45) is 0 Å². The molecular formula is C16H27NO2. The zero-order chi connectivity index (χ0) is 14.3. The SMILES string of the molecule is Cc1cccc(C(O)CCN(C)CCOC(C)C)c1. The maximum Gasteiger partial charge on any atom is 0.0802 e. The molecule has 0 aromatic heterocycles. The van der Waals surface area contributed by atoms with E-state index in [1.165, 1.54) is 5.56 Å². The molecule has 0 fully saturated rings. The van der Waals surface area contributed by atoms with Gasteiger partial charge in [0.05, 0.1) is 18.8 Å². The van der Waals surface area contributed by atoms with Gasteiger partial charge in [0.15, 0.2) is 0 Å². The minimum atomic E-state index is -0.381. The second kappa shape index (κ2) is 8.31. The van der Waals surface area contributed by atoms with Crippen molar-refractivity contribution in [3.63, 3.8) is 0 Å². The van der Waals surface area contributed by atoms with Crippen molar-refractivity contribution >= 4 is 0 Å². The van der Waals surface area contributed by atoms with Gasteiger partial charge in [0.1, 0.15) is 0 Å². The van der Waals surface area contributed by atoms with Crippen molar-refractivity contribution in [3.8, 4) is 0 Å². The molecule has 1 aromatic carbocycles. The third kappa shape index (κ3) is 6.71. The number of aryl methyl sites for hydroxylation is 1. The molecule has 0 saturated heterocycles. The summed E-state index contributed by atoms with van der Waals surface area (Å²) in [6.45, 7) is 8.65. The monoisotopic (exact) mass is 265 g/mol. The molecule has 0 spiro atoms. The first-order valence-corrected chi connectivity index (χ1v) is 7.04. The van der Waals surface area contributed by atoms with Crippen LogP contribution in [0.1, 0.15) is 37.5 Å². The molecule has 0 aliphatic heterocycles. The van der Waals surface area contributed by atoms with E-state index in [1.54, 1.807) is 0 Å². The van der Waals surface area contributed by atoms with Crippen molar-refractivity contribution in [3.05, 3.63) is 35.4 Å². The summed E-state index contributed by atoms with van der Waals surface area (Å²) in [6, 6.07) is 8.08. The summed E-state index contributed by atoms with van der Waals surface area (Å²) < 4.78 is 5.52. The number of hydrogen-bond acceptors (Lipinski definition) is 3. The molecule has 0 radical (unpaired) electrons. The average molecular weight is 265 g/mol. The smallest absolute Gasteiger partial charge is 0.0802 e. The fraction of sp³-hybridized carbons (Fsp3) is 0.625. The molecule has 0 aliphatic rings. The van der Waals surface area contributed by atoms with Crippen molar-refractivity contribution in [1.29, 1.82) is 0 Å². The van der Waals surface area contributed by atoms with Crippen LogP contribution in [-0.4, -0.2) is 42.9 Å². The molecular weight excluding hydrogens is 238 g/mol. The molecule has 1 N–H and O–H groups in total. The van der Waals surface area contributed by atoms with Crippen LogP contribution in [0.5, 0.6) is 0 Å². The molecule has 1 rings (SSSR count). The van der Waals surface area contributed by atoms with E-state index in [2.05, 4.69) is 11.9 Å². The lowest BCUT2D eigenvalue weighted by molar-refractivity contribution is 0.0601. The predicted molar refractivity (Wildman–Crippen MR) is 79.3 cm³/mol. The number of ether oxygens (including phenoxy) is 1. The van der Waals surface area contributed by atoms with Gasteiger partial charge in [-0.2, -0.15) is 0 Å². The van der Waals surface area contributed by atoms with Crippen LogP contribution in [-0.2, 0) is 4.74 Å². The largest absolute Gasteiger partial charge is 0.388 e. The number of aliphatic hydroxyl groups excluding tert-OH is 1. The lowest BCUT2D eigenvalue weighted by atomic mass is 10.0. The Labute approximate surface area is 117 Å². The normalized spacial score (nSPS) is 13.2. The number of nitrogens with zero attached hydrogens (tertiary/aromatic N) is 1. The van der Waals surface area contributed by atoms with Gasteiger partial charge in [-0.25, -0.2) is 0 Å². The highest BCUT2D eigenvalue weighted by atomic mass is 16.5. The molecule has 108 valence electrons. The van der Waals surface area contributed by atoms with E-state index in [0.29, 0.717) is 0 Å². The van der Waals surface area contributed by atoms with Crippen LogP contribution in [0.15, 0.2) is 24.3 Å². The minimum absolute atomic E-state index is 0.284. The molecule has 19 heavy (non-hydrogen) atoms. The second-order valence-corrected chi connectivity index (χ2v) is 5.44. The molecule has 1 atom stereocenters. The van der Waals surface area contributed by atoms with Crippen molar-refractivity contribution < 1.29 is 9.84 Å². The average Bonchev–Trinajstić information content (AvgIpc) is 2.35. The van der Waals surface area contributed by atoms with Gasteiger partial charge in [0.25, 0.3) is 0 Å². The lowest BCUT2D eigenvalue weighted by Gasteiger charge is -2.19. The van der Waals surface area contributed by atoms with Crippen LogP contribution in [0.25, 0.3) is 0 Å². The third-order valence-electron chi connectivity index (χ3n) is 3.14. The van der Waals surface area contributed by atoms with Crippen LogP contribution in [0.3, 0.4) is 0 Å². The number of hydrogen-bond donors (Lipinski definition) is 1. The van der Waals surface area contributed by atoms with Gasteiger partial charge in [-0.3, -0.25) is 0 Å². The lowest BCUT2D eigenvalue weighted by Crippen LogP contribution is -2.26. The number of likely N-dealkylation sites (N-methyl/N-ethyl adjacent to an activating group) is 1. The molecule has 3 nitrogen and oxygen atoms in total. The van der Waals surface area contributed by atoms with E-state index in [9.17, 15) is 5.11 Å². The molecule has 1 aromatic rings. The summed E-state index contributed by atoms with van der Waals surface area (Å²) >= 11 is 0. The predicted octanol–water partition coefficient (Wildman–Crippen LogP) is 2.78. The first-order valence-electron chi connectivity index (χ1n) is 7.04. The van der Waals surface area contributed by atoms with Gasteiger partial charge < -0.3 is 14.7 Å². The fourth-order valence-corrected chi connectivity index (χ4v) is 1.94. The minimum Gasteiger partial charge on any atom is -0.388 e. The van der Waals surface area contributed by atoms with E-state index in [1.807, 2.05) is 45.0 Å². The van der Waals surface area contributed by atoms with Gasteiger partial charge in [0.2, 0.25) is 0 Å². The van der Waals surface area contributed by atoms with E-state index in [0.717, 1.165) is 31.7 Å². The van der Waals surface area contributed by atoms with Crippen LogP contribution < -0.4 is 0 Å². The van der Waals surface area contributed by atoms with Gasteiger partial charge >= 0.3 is 0 Å². The Balaban J connectivity index is 2.27. The number of aliphatic hydroxyl groups is 1. The van der Waals surface area contributed by atoms with Gasteiger partial charge in [-0.15, -0.1) is 0 Å². The summed E-state index contributed by atoms with van der Waals surface area (Å²) in [7, 11) is 2.06. The fourth-order valence-electron chi connectivity index (χ4n) is 1.94. The van der Waals surface area contributed by atoms with Gasteiger partial charge in [-0.05, 0) is 39.8 Å². The molecule has 0 aliphatic carbocycles. The highest BCUT2D eigenvalue weighted by Crippen LogP contribution is 2.17. The Kier molecular flexibility index (Phi) is 7.06. The maximum absolute atomic E-state index is 10.1. The van der Waals surface area contributed by atoms with Crippen LogP contribution in [0, 0.1) is 6.92 Å². The van der Waals surface area contributed by atoms with E-state index in [4.69, 9.17) is 4.74 Å². The second-order valence-electron chi connectivity index (χ2n) is 5.44. The summed E-state index contributed by atoms with van der Waals surface area (Å²) in [5.41, 5.74) is 2.20. The van der Waals surface area contributed by atoms with Crippen molar-refractivity contribution in [2.75, 3.05) is 26.7 Å². The van der Waals surface area contributed by atoms with E-state index < -0.39 is 0 Å². The molecule has 0 amide bonds. The Morgan fingerprint density at radius 3 is 2.63 bits per heavy atom. The highest BCUT2D eigenvalue weighted by Gasteiger charge is 2.09. The topological polar surface area (TPSA) is 32.7 Å². The zero-order valence-electron chi connectivity index (χ0n) is 12.6. The van der Waals surface area contributed by atoms with E-state index in [-0.39, 0.29) is 12.2 Å². The number of benzene rings is 1. The standard InChI is InChI=1S/C16H27NO2/c1-13(2)19-11-10-17(4)9-8-16(18)15-7-5-6-14(3)12-15/h5-7,12-13,16,18H,8-11H2,1-4H3. The Bertz CT molecular complexity index is 366. The Hall–Kier alpha value is -0.900. The van der Waals surface area contributed by atoms with E-state index >= 15 is 0 Å². The molecule has 1 unspecified atom stereocenters.